The Kier molecular flexibility index (Phi) is 11.3. The first kappa shape index (κ1) is 22.4. The lowest BCUT2D eigenvalue weighted by molar-refractivity contribution is 0.0391. The Labute approximate surface area is 171 Å². The third-order valence-corrected chi connectivity index (χ3v) is 5.18. The van der Waals surface area contributed by atoms with Gasteiger partial charge in [0.15, 0.2) is 5.78 Å². The predicted molar refractivity (Wildman–Crippen MR) is 118 cm³/mol. The molecule has 2 aromatic rings. The molecule has 2 nitrogen and oxygen atoms in total. The van der Waals surface area contributed by atoms with Crippen LogP contribution in [-0.4, -0.2) is 12.4 Å². The highest BCUT2D eigenvalue weighted by atomic mass is 16.5. The van der Waals surface area contributed by atoms with E-state index >= 15 is 0 Å². The number of Topliss-reactive ketones (excluding diaryl/α,β-unsaturated/α-hetero) is 1. The SMILES string of the molecule is CCCCCCCCCCCCOC(C(=O)c1ccccc1)c1ccccc1. The Balaban J connectivity index is 1.71. The molecule has 0 aliphatic rings. The Morgan fingerprint density at radius 1 is 0.714 bits per heavy atom. The third-order valence-electron chi connectivity index (χ3n) is 5.18. The van der Waals surface area contributed by atoms with Crippen LogP contribution in [0.1, 0.15) is 93.2 Å². The summed E-state index contributed by atoms with van der Waals surface area (Å²) in [4.78, 5) is 12.9. The molecule has 2 aromatic carbocycles. The van der Waals surface area contributed by atoms with E-state index in [4.69, 9.17) is 4.74 Å². The summed E-state index contributed by atoms with van der Waals surface area (Å²) in [6, 6.07) is 19.3. The first-order valence-corrected chi connectivity index (χ1v) is 11.1. The second-order valence-corrected chi connectivity index (χ2v) is 7.57. The van der Waals surface area contributed by atoms with Crippen molar-refractivity contribution in [2.75, 3.05) is 6.61 Å². The summed E-state index contributed by atoms with van der Waals surface area (Å²) in [6.45, 7) is 2.90. The summed E-state index contributed by atoms with van der Waals surface area (Å²) in [5, 5.41) is 0. The molecule has 0 bridgehead atoms. The van der Waals surface area contributed by atoms with E-state index < -0.39 is 6.10 Å². The number of hydrogen-bond donors (Lipinski definition) is 0. The standard InChI is InChI=1S/C26H36O2/c1-2-3-4-5-6-7-8-9-10-17-22-28-26(24-20-15-12-16-21-24)25(27)23-18-13-11-14-19-23/h11-16,18-21,26H,2-10,17,22H2,1H3. The molecule has 2 heteroatoms. The highest BCUT2D eigenvalue weighted by Crippen LogP contribution is 2.23. The van der Waals surface area contributed by atoms with Gasteiger partial charge in [0.05, 0.1) is 0 Å². The summed E-state index contributed by atoms with van der Waals surface area (Å²) >= 11 is 0. The van der Waals surface area contributed by atoms with Crippen LogP contribution in [0.5, 0.6) is 0 Å². The molecule has 1 atom stereocenters. The molecule has 0 heterocycles. The molecule has 0 fully saturated rings. The average Bonchev–Trinajstić information content (AvgIpc) is 2.75. The first-order valence-electron chi connectivity index (χ1n) is 11.1. The van der Waals surface area contributed by atoms with E-state index in [0.29, 0.717) is 12.2 Å². The molecule has 0 radical (unpaired) electrons. The molecule has 0 aliphatic carbocycles. The van der Waals surface area contributed by atoms with Crippen LogP contribution in [0.2, 0.25) is 0 Å². The molecular formula is C26H36O2. The van der Waals surface area contributed by atoms with Gasteiger partial charge in [0, 0.05) is 12.2 Å². The maximum atomic E-state index is 12.9. The minimum Gasteiger partial charge on any atom is -0.365 e. The zero-order chi connectivity index (χ0) is 19.9. The molecule has 0 spiro atoms. The molecule has 152 valence electrons. The zero-order valence-corrected chi connectivity index (χ0v) is 17.4. The molecule has 1 unspecified atom stereocenters. The zero-order valence-electron chi connectivity index (χ0n) is 17.4. The van der Waals surface area contributed by atoms with Crippen LogP contribution in [0.4, 0.5) is 0 Å². The Hall–Kier alpha value is -1.93. The summed E-state index contributed by atoms with van der Waals surface area (Å²) in [5.41, 5.74) is 1.64. The van der Waals surface area contributed by atoms with Crippen molar-refractivity contribution >= 4 is 5.78 Å². The average molecular weight is 381 g/mol. The number of rotatable bonds is 15. The second-order valence-electron chi connectivity index (χ2n) is 7.57. The number of hydrogen-bond acceptors (Lipinski definition) is 2. The highest BCUT2D eigenvalue weighted by Gasteiger charge is 2.22. The highest BCUT2D eigenvalue weighted by molar-refractivity contribution is 6.00. The van der Waals surface area contributed by atoms with Gasteiger partial charge in [0.25, 0.3) is 0 Å². The van der Waals surface area contributed by atoms with Crippen LogP contribution in [0.3, 0.4) is 0 Å². The van der Waals surface area contributed by atoms with Crippen LogP contribution >= 0.6 is 0 Å². The quantitative estimate of drug-likeness (QED) is 0.235. The van der Waals surface area contributed by atoms with Gasteiger partial charge in [-0.3, -0.25) is 4.79 Å². The lowest BCUT2D eigenvalue weighted by atomic mass is 10.00. The molecule has 0 saturated heterocycles. The van der Waals surface area contributed by atoms with Crippen LogP contribution in [0.25, 0.3) is 0 Å². The second kappa shape index (κ2) is 14.1. The van der Waals surface area contributed by atoms with Gasteiger partial charge in [-0.15, -0.1) is 0 Å². The number of benzene rings is 2. The minimum absolute atomic E-state index is 0.0406. The molecule has 28 heavy (non-hydrogen) atoms. The fourth-order valence-electron chi connectivity index (χ4n) is 3.50. The van der Waals surface area contributed by atoms with Crippen LogP contribution < -0.4 is 0 Å². The van der Waals surface area contributed by atoms with Gasteiger partial charge in [-0.1, -0.05) is 125 Å². The van der Waals surface area contributed by atoms with Gasteiger partial charge in [0.1, 0.15) is 6.10 Å². The number of ketones is 1. The van der Waals surface area contributed by atoms with Gasteiger partial charge < -0.3 is 4.74 Å². The van der Waals surface area contributed by atoms with E-state index in [1.807, 2.05) is 60.7 Å². The normalized spacial score (nSPS) is 12.0. The van der Waals surface area contributed by atoms with Crippen molar-refractivity contribution in [1.29, 1.82) is 0 Å². The van der Waals surface area contributed by atoms with E-state index in [0.717, 1.165) is 12.0 Å². The topological polar surface area (TPSA) is 26.3 Å². The smallest absolute Gasteiger partial charge is 0.196 e. The van der Waals surface area contributed by atoms with Crippen molar-refractivity contribution in [3.63, 3.8) is 0 Å². The van der Waals surface area contributed by atoms with E-state index in [9.17, 15) is 4.79 Å². The van der Waals surface area contributed by atoms with Gasteiger partial charge >= 0.3 is 0 Å². The summed E-state index contributed by atoms with van der Waals surface area (Å²) in [6.07, 6.45) is 12.5. The summed E-state index contributed by atoms with van der Waals surface area (Å²) < 4.78 is 6.07. The maximum Gasteiger partial charge on any atom is 0.196 e. The maximum absolute atomic E-state index is 12.9. The fourth-order valence-corrected chi connectivity index (χ4v) is 3.50. The van der Waals surface area contributed by atoms with Crippen molar-refractivity contribution in [3.05, 3.63) is 71.8 Å². The lowest BCUT2D eigenvalue weighted by Gasteiger charge is -2.17. The Morgan fingerprint density at radius 2 is 1.21 bits per heavy atom. The molecule has 2 rings (SSSR count). The predicted octanol–water partition coefficient (Wildman–Crippen LogP) is 7.55. The summed E-state index contributed by atoms with van der Waals surface area (Å²) in [7, 11) is 0. The van der Waals surface area contributed by atoms with Crippen molar-refractivity contribution in [2.24, 2.45) is 0 Å². The molecule has 0 aromatic heterocycles. The van der Waals surface area contributed by atoms with E-state index in [-0.39, 0.29) is 5.78 Å². The summed E-state index contributed by atoms with van der Waals surface area (Å²) in [5.74, 6) is 0.0406. The molecular weight excluding hydrogens is 344 g/mol. The molecule has 0 saturated carbocycles. The third kappa shape index (κ3) is 8.39. The van der Waals surface area contributed by atoms with Gasteiger partial charge in [-0.05, 0) is 12.0 Å². The monoisotopic (exact) mass is 380 g/mol. The van der Waals surface area contributed by atoms with Crippen LogP contribution in [0, 0.1) is 0 Å². The minimum atomic E-state index is -0.512. The van der Waals surface area contributed by atoms with Crippen LogP contribution in [0.15, 0.2) is 60.7 Å². The number of carbonyl (C=O) groups excluding carboxylic acids is 1. The first-order chi connectivity index (χ1) is 13.8. The Morgan fingerprint density at radius 3 is 1.79 bits per heavy atom. The van der Waals surface area contributed by atoms with Crippen molar-refractivity contribution in [2.45, 2.75) is 77.2 Å². The Bertz CT molecular complexity index is 636. The fraction of sp³-hybridized carbons (Fsp3) is 0.500. The van der Waals surface area contributed by atoms with Gasteiger partial charge in [0.2, 0.25) is 0 Å². The number of carbonyl (C=O) groups is 1. The largest absolute Gasteiger partial charge is 0.365 e. The van der Waals surface area contributed by atoms with E-state index in [1.54, 1.807) is 0 Å². The van der Waals surface area contributed by atoms with Crippen molar-refractivity contribution < 1.29 is 9.53 Å². The van der Waals surface area contributed by atoms with E-state index in [1.165, 1.54) is 57.8 Å². The molecule has 0 aliphatic heterocycles. The number of unbranched alkanes of at least 4 members (excludes halogenated alkanes) is 9. The molecule has 0 N–H and O–H groups in total. The lowest BCUT2D eigenvalue weighted by Crippen LogP contribution is -2.17. The number of ether oxygens (including phenoxy) is 1. The van der Waals surface area contributed by atoms with Gasteiger partial charge in [-0.25, -0.2) is 0 Å². The van der Waals surface area contributed by atoms with E-state index in [2.05, 4.69) is 6.92 Å². The van der Waals surface area contributed by atoms with Gasteiger partial charge in [-0.2, -0.15) is 0 Å². The van der Waals surface area contributed by atoms with Crippen molar-refractivity contribution in [1.82, 2.24) is 0 Å². The van der Waals surface area contributed by atoms with Crippen LogP contribution in [-0.2, 0) is 4.74 Å². The molecule has 0 amide bonds. The van der Waals surface area contributed by atoms with Crippen molar-refractivity contribution in [3.8, 4) is 0 Å².